The first-order chi connectivity index (χ1) is 10.7. The number of carbonyl (C=O) groups is 2. The lowest BCUT2D eigenvalue weighted by Gasteiger charge is -2.34. The number of hydrogen-bond acceptors (Lipinski definition) is 7. The fraction of sp³-hybridized carbons (Fsp3) is 0.462. The van der Waals surface area contributed by atoms with Gasteiger partial charge in [-0.15, -0.1) is 0 Å². The van der Waals surface area contributed by atoms with Crippen molar-refractivity contribution >= 4 is 34.7 Å². The fourth-order valence-electron chi connectivity index (χ4n) is 2.27. The zero-order chi connectivity index (χ0) is 15.4. The minimum Gasteiger partial charge on any atom is -0.337 e. The maximum absolute atomic E-state index is 12.1. The van der Waals surface area contributed by atoms with Crippen LogP contribution in [0.1, 0.15) is 0 Å². The average Bonchev–Trinajstić information content (AvgIpc) is 3.08. The Kier molecular flexibility index (Phi) is 4.52. The molecule has 22 heavy (non-hydrogen) atoms. The fourth-order valence-corrected chi connectivity index (χ4v) is 2.99. The maximum atomic E-state index is 12.1. The number of piperazine rings is 1. The molecule has 2 amide bonds. The number of amidine groups is 1. The Balaban J connectivity index is 1.52. The van der Waals surface area contributed by atoms with Crippen molar-refractivity contribution in [2.75, 3.05) is 43.4 Å². The van der Waals surface area contributed by atoms with E-state index in [0.29, 0.717) is 43.8 Å². The zero-order valence-corrected chi connectivity index (χ0v) is 12.8. The average molecular weight is 320 g/mol. The number of aromatic nitrogens is 2. The van der Waals surface area contributed by atoms with E-state index >= 15 is 0 Å². The van der Waals surface area contributed by atoms with Gasteiger partial charge in [0.05, 0.1) is 6.54 Å². The number of rotatable bonds is 1. The van der Waals surface area contributed by atoms with Crippen LogP contribution in [0.25, 0.3) is 0 Å². The minimum atomic E-state index is -0.613. The number of nitrogens with zero attached hydrogens (tertiary/aromatic N) is 5. The van der Waals surface area contributed by atoms with Crippen LogP contribution in [-0.4, -0.2) is 70.3 Å². The molecule has 1 saturated heterocycles. The number of anilines is 1. The molecule has 1 aromatic rings. The predicted octanol–water partition coefficient (Wildman–Crippen LogP) is -0.656. The van der Waals surface area contributed by atoms with E-state index < -0.39 is 11.8 Å². The molecule has 3 rings (SSSR count). The maximum Gasteiger partial charge on any atom is 0.315 e. The predicted molar refractivity (Wildman–Crippen MR) is 83.7 cm³/mol. The van der Waals surface area contributed by atoms with Crippen molar-refractivity contribution in [1.29, 1.82) is 0 Å². The van der Waals surface area contributed by atoms with Crippen LogP contribution in [-0.2, 0) is 9.59 Å². The Morgan fingerprint density at radius 1 is 1.14 bits per heavy atom. The molecule has 0 aliphatic carbocycles. The van der Waals surface area contributed by atoms with Gasteiger partial charge in [-0.25, -0.2) is 9.97 Å². The Hall–Kier alpha value is -2.16. The quantitative estimate of drug-likeness (QED) is 0.691. The molecule has 1 fully saturated rings. The van der Waals surface area contributed by atoms with Gasteiger partial charge in [0.15, 0.2) is 5.17 Å². The highest BCUT2D eigenvalue weighted by Gasteiger charge is 2.27. The third-order valence-corrected chi connectivity index (χ3v) is 4.29. The summed E-state index contributed by atoms with van der Waals surface area (Å²) in [4.78, 5) is 40.1. The van der Waals surface area contributed by atoms with Gasteiger partial charge < -0.3 is 9.80 Å². The van der Waals surface area contributed by atoms with Crippen molar-refractivity contribution in [2.24, 2.45) is 4.99 Å². The van der Waals surface area contributed by atoms with E-state index in [1.165, 1.54) is 11.8 Å². The number of carbonyl (C=O) groups excluding carboxylic acids is 2. The molecule has 0 aromatic carbocycles. The molecule has 3 heterocycles. The largest absolute Gasteiger partial charge is 0.337 e. The number of amides is 2. The molecule has 0 saturated carbocycles. The van der Waals surface area contributed by atoms with Crippen LogP contribution in [0.5, 0.6) is 0 Å². The third-order valence-electron chi connectivity index (χ3n) is 3.40. The molecule has 116 valence electrons. The highest BCUT2D eigenvalue weighted by Crippen LogP contribution is 2.11. The van der Waals surface area contributed by atoms with Crippen molar-refractivity contribution in [1.82, 2.24) is 20.2 Å². The second-order valence-electron chi connectivity index (χ2n) is 4.82. The van der Waals surface area contributed by atoms with Crippen LogP contribution >= 0.6 is 11.8 Å². The van der Waals surface area contributed by atoms with Crippen molar-refractivity contribution < 1.29 is 9.59 Å². The summed E-state index contributed by atoms with van der Waals surface area (Å²) in [7, 11) is 0. The second kappa shape index (κ2) is 6.73. The molecule has 1 aromatic heterocycles. The van der Waals surface area contributed by atoms with Crippen LogP contribution in [0.2, 0.25) is 0 Å². The monoisotopic (exact) mass is 320 g/mol. The summed E-state index contributed by atoms with van der Waals surface area (Å²) in [6.45, 7) is 2.86. The van der Waals surface area contributed by atoms with Gasteiger partial charge in [0.2, 0.25) is 5.95 Å². The van der Waals surface area contributed by atoms with Crippen LogP contribution in [0, 0.1) is 0 Å². The lowest BCUT2D eigenvalue weighted by molar-refractivity contribution is -0.145. The lowest BCUT2D eigenvalue weighted by Crippen LogP contribution is -2.53. The SMILES string of the molecule is O=C(NC1=NCCS1)C(=O)N1CCN(c2ncccn2)CC1. The molecule has 0 bridgehead atoms. The number of nitrogens with one attached hydrogen (secondary N) is 1. The summed E-state index contributed by atoms with van der Waals surface area (Å²) in [5.41, 5.74) is 0. The van der Waals surface area contributed by atoms with Gasteiger partial charge in [-0.1, -0.05) is 11.8 Å². The van der Waals surface area contributed by atoms with Crippen LogP contribution in [0.4, 0.5) is 5.95 Å². The van der Waals surface area contributed by atoms with Gasteiger partial charge in [-0.2, -0.15) is 0 Å². The molecule has 0 unspecified atom stereocenters. The smallest absolute Gasteiger partial charge is 0.315 e. The molecule has 8 nitrogen and oxygen atoms in total. The summed E-state index contributed by atoms with van der Waals surface area (Å²) in [5, 5.41) is 3.10. The highest BCUT2D eigenvalue weighted by molar-refractivity contribution is 8.14. The topological polar surface area (TPSA) is 90.8 Å². The van der Waals surface area contributed by atoms with Crippen LogP contribution in [0.3, 0.4) is 0 Å². The molecule has 2 aliphatic rings. The zero-order valence-electron chi connectivity index (χ0n) is 11.9. The standard InChI is InChI=1S/C13H16N6O2S/c20-10(17-13-16-4-9-22-13)11(21)18-5-7-19(8-6-18)12-14-2-1-3-15-12/h1-3H,4-9H2,(H,16,17,20). The van der Waals surface area contributed by atoms with E-state index in [0.717, 1.165) is 5.75 Å². The first-order valence-electron chi connectivity index (χ1n) is 7.03. The van der Waals surface area contributed by atoms with Gasteiger partial charge in [0.25, 0.3) is 0 Å². The molecule has 1 N–H and O–H groups in total. The summed E-state index contributed by atoms with van der Waals surface area (Å²) >= 11 is 1.45. The Bertz CT molecular complexity index is 585. The van der Waals surface area contributed by atoms with Crippen molar-refractivity contribution in [3.8, 4) is 0 Å². The summed E-state index contributed by atoms with van der Waals surface area (Å²) in [6, 6.07) is 1.76. The Morgan fingerprint density at radius 3 is 2.50 bits per heavy atom. The first-order valence-corrected chi connectivity index (χ1v) is 8.02. The molecular formula is C13H16N6O2S. The third kappa shape index (κ3) is 3.35. The molecule has 0 radical (unpaired) electrons. The van der Waals surface area contributed by atoms with Gasteiger partial charge >= 0.3 is 11.8 Å². The Labute approximate surface area is 132 Å². The van der Waals surface area contributed by atoms with E-state index in [2.05, 4.69) is 20.3 Å². The molecule has 0 spiro atoms. The second-order valence-corrected chi connectivity index (χ2v) is 5.90. The van der Waals surface area contributed by atoms with Gasteiger partial charge in [0, 0.05) is 44.3 Å². The van der Waals surface area contributed by atoms with E-state index in [-0.39, 0.29) is 0 Å². The summed E-state index contributed by atoms with van der Waals surface area (Å²) in [6.07, 6.45) is 3.38. The Morgan fingerprint density at radius 2 is 1.86 bits per heavy atom. The van der Waals surface area contributed by atoms with Crippen molar-refractivity contribution in [3.05, 3.63) is 18.5 Å². The van der Waals surface area contributed by atoms with Gasteiger partial charge in [0.1, 0.15) is 0 Å². The van der Waals surface area contributed by atoms with E-state index in [4.69, 9.17) is 0 Å². The number of hydrogen-bond donors (Lipinski definition) is 1. The lowest BCUT2D eigenvalue weighted by atomic mass is 10.3. The summed E-state index contributed by atoms with van der Waals surface area (Å²) in [5.74, 6) is 0.372. The first kappa shape index (κ1) is 14.8. The van der Waals surface area contributed by atoms with Crippen molar-refractivity contribution in [2.45, 2.75) is 0 Å². The van der Waals surface area contributed by atoms with Gasteiger partial charge in [-0.05, 0) is 6.07 Å². The van der Waals surface area contributed by atoms with E-state index in [1.54, 1.807) is 23.4 Å². The van der Waals surface area contributed by atoms with Crippen LogP contribution in [0.15, 0.2) is 23.5 Å². The van der Waals surface area contributed by atoms with Crippen molar-refractivity contribution in [3.63, 3.8) is 0 Å². The molecule has 2 aliphatic heterocycles. The van der Waals surface area contributed by atoms with Crippen LogP contribution < -0.4 is 10.2 Å². The van der Waals surface area contributed by atoms with E-state index in [1.807, 2.05) is 4.90 Å². The van der Waals surface area contributed by atoms with E-state index in [9.17, 15) is 9.59 Å². The number of aliphatic imine (C=N–C) groups is 1. The molecule has 9 heteroatoms. The molecule has 0 atom stereocenters. The molecular weight excluding hydrogens is 304 g/mol. The van der Waals surface area contributed by atoms with Gasteiger partial charge in [-0.3, -0.25) is 19.9 Å². The number of thioether (sulfide) groups is 1. The highest BCUT2D eigenvalue weighted by atomic mass is 32.2. The minimum absolute atomic E-state index is 0.476. The summed E-state index contributed by atoms with van der Waals surface area (Å²) < 4.78 is 0. The normalized spacial score (nSPS) is 18.1.